The maximum atomic E-state index is 12.1. The van der Waals surface area contributed by atoms with Crippen LogP contribution < -0.4 is 5.32 Å². The van der Waals surface area contributed by atoms with Crippen LogP contribution in [0.1, 0.15) is 47.5 Å². The molecule has 2 unspecified atom stereocenters. The number of hydrogen-bond acceptors (Lipinski definition) is 5. The molecule has 1 amide bonds. The van der Waals surface area contributed by atoms with E-state index in [-0.39, 0.29) is 29.7 Å². The van der Waals surface area contributed by atoms with Crippen molar-refractivity contribution in [3.8, 4) is 0 Å². The fourth-order valence-electron chi connectivity index (χ4n) is 2.55. The molecule has 1 heterocycles. The van der Waals surface area contributed by atoms with Crippen molar-refractivity contribution in [3.63, 3.8) is 0 Å². The number of carbonyl (C=O) groups is 1. The first-order valence-electron chi connectivity index (χ1n) is 7.97. The summed E-state index contributed by atoms with van der Waals surface area (Å²) >= 11 is 0. The molecular formula is C15H30N2O4S. The summed E-state index contributed by atoms with van der Waals surface area (Å²) in [6.07, 6.45) is 1.53. The quantitative estimate of drug-likeness (QED) is 0.830. The Hall–Kier alpha value is -0.820. The highest BCUT2D eigenvalue weighted by atomic mass is 32.2. The van der Waals surface area contributed by atoms with E-state index in [2.05, 4.69) is 5.32 Å². The average Bonchev–Trinajstić information content (AvgIpc) is 2.36. The van der Waals surface area contributed by atoms with Gasteiger partial charge in [-0.3, -0.25) is 0 Å². The lowest BCUT2D eigenvalue weighted by Crippen LogP contribution is -2.52. The predicted molar refractivity (Wildman–Crippen MR) is 87.8 cm³/mol. The Morgan fingerprint density at radius 3 is 2.59 bits per heavy atom. The minimum absolute atomic E-state index is 0.114. The van der Waals surface area contributed by atoms with Crippen LogP contribution in [-0.2, 0) is 14.6 Å². The van der Waals surface area contributed by atoms with Crippen molar-refractivity contribution in [2.45, 2.75) is 65.1 Å². The van der Waals surface area contributed by atoms with Gasteiger partial charge < -0.3 is 15.0 Å². The van der Waals surface area contributed by atoms with Crippen LogP contribution in [0.5, 0.6) is 0 Å². The van der Waals surface area contributed by atoms with E-state index in [1.165, 1.54) is 0 Å². The molecule has 6 nitrogen and oxygen atoms in total. The molecular weight excluding hydrogens is 304 g/mol. The zero-order valence-electron chi connectivity index (χ0n) is 14.4. The number of likely N-dealkylation sites (tertiary alicyclic amines) is 1. The number of piperidine rings is 1. The normalized spacial score (nSPS) is 21.5. The van der Waals surface area contributed by atoms with Crippen LogP contribution in [0.3, 0.4) is 0 Å². The molecule has 0 radical (unpaired) electrons. The summed E-state index contributed by atoms with van der Waals surface area (Å²) in [6, 6.07) is -0.00291. The van der Waals surface area contributed by atoms with Crippen molar-refractivity contribution >= 4 is 15.9 Å². The zero-order chi connectivity index (χ0) is 17.0. The largest absolute Gasteiger partial charge is 0.444 e. The van der Waals surface area contributed by atoms with Gasteiger partial charge >= 0.3 is 6.09 Å². The molecule has 0 aromatic heterocycles. The number of sulfone groups is 1. The number of carbonyl (C=O) groups excluding carboxylic acids is 1. The Kier molecular flexibility index (Phi) is 6.67. The van der Waals surface area contributed by atoms with Crippen molar-refractivity contribution in [2.75, 3.05) is 24.6 Å². The topological polar surface area (TPSA) is 75.7 Å². The highest BCUT2D eigenvalue weighted by Crippen LogP contribution is 2.16. The molecule has 1 N–H and O–H groups in total. The maximum absolute atomic E-state index is 12.1. The van der Waals surface area contributed by atoms with E-state index in [1.807, 2.05) is 27.7 Å². The van der Waals surface area contributed by atoms with Gasteiger partial charge in [0, 0.05) is 30.9 Å². The average molecular weight is 334 g/mol. The summed E-state index contributed by atoms with van der Waals surface area (Å²) in [7, 11) is -2.99. The van der Waals surface area contributed by atoms with Gasteiger partial charge in [-0.1, -0.05) is 6.92 Å². The van der Waals surface area contributed by atoms with Crippen LogP contribution in [0.4, 0.5) is 4.79 Å². The molecule has 0 spiro atoms. The summed E-state index contributed by atoms with van der Waals surface area (Å²) in [5.74, 6) is 0.292. The molecule has 0 aromatic carbocycles. The number of hydrogen-bond donors (Lipinski definition) is 1. The molecule has 1 aliphatic rings. The van der Waals surface area contributed by atoms with E-state index in [1.54, 1.807) is 11.8 Å². The Balaban J connectivity index is 2.51. The van der Waals surface area contributed by atoms with E-state index in [0.717, 1.165) is 12.8 Å². The lowest BCUT2D eigenvalue weighted by molar-refractivity contribution is 0.0184. The zero-order valence-corrected chi connectivity index (χ0v) is 15.2. The Morgan fingerprint density at radius 2 is 2.05 bits per heavy atom. The van der Waals surface area contributed by atoms with Gasteiger partial charge in [0.05, 0.1) is 5.75 Å². The van der Waals surface area contributed by atoms with E-state index in [4.69, 9.17) is 4.74 Å². The molecule has 1 rings (SSSR count). The third-order valence-electron chi connectivity index (χ3n) is 3.54. The highest BCUT2D eigenvalue weighted by molar-refractivity contribution is 7.91. The van der Waals surface area contributed by atoms with Gasteiger partial charge in [0.15, 0.2) is 9.84 Å². The van der Waals surface area contributed by atoms with Crippen LogP contribution in [-0.4, -0.2) is 61.7 Å². The number of ether oxygens (including phenoxy) is 1. The van der Waals surface area contributed by atoms with Crippen molar-refractivity contribution in [2.24, 2.45) is 0 Å². The minimum Gasteiger partial charge on any atom is -0.444 e. The molecule has 0 aromatic rings. The standard InChI is InChI=1S/C15H30N2O4S/c1-6-22(19,20)11-12(2)16-13-8-7-9-17(10-13)14(18)21-15(3,4)5/h12-13,16H,6-11H2,1-5H3. The summed E-state index contributed by atoms with van der Waals surface area (Å²) in [5, 5.41) is 3.33. The summed E-state index contributed by atoms with van der Waals surface area (Å²) < 4.78 is 28.7. The second kappa shape index (κ2) is 7.64. The summed E-state index contributed by atoms with van der Waals surface area (Å²) in [6.45, 7) is 10.3. The third-order valence-corrected chi connectivity index (χ3v) is 5.42. The SMILES string of the molecule is CCS(=O)(=O)CC(C)NC1CCCN(C(=O)OC(C)(C)C)C1. The predicted octanol–water partition coefficient (Wildman–Crippen LogP) is 1.80. The second-order valence-electron chi connectivity index (χ2n) is 7.03. The van der Waals surface area contributed by atoms with Gasteiger partial charge in [-0.25, -0.2) is 13.2 Å². The fraction of sp³-hybridized carbons (Fsp3) is 0.933. The molecule has 1 saturated heterocycles. The Morgan fingerprint density at radius 1 is 1.41 bits per heavy atom. The number of amides is 1. The van der Waals surface area contributed by atoms with Gasteiger partial charge in [-0.2, -0.15) is 0 Å². The number of nitrogens with one attached hydrogen (secondary N) is 1. The Labute approximate surface area is 134 Å². The smallest absolute Gasteiger partial charge is 0.410 e. The second-order valence-corrected chi connectivity index (χ2v) is 9.43. The molecule has 7 heteroatoms. The van der Waals surface area contributed by atoms with Crippen molar-refractivity contribution < 1.29 is 17.9 Å². The minimum atomic E-state index is -2.99. The lowest BCUT2D eigenvalue weighted by atomic mass is 10.1. The van der Waals surface area contributed by atoms with Crippen molar-refractivity contribution in [1.29, 1.82) is 0 Å². The fourth-order valence-corrected chi connectivity index (χ4v) is 3.65. The monoisotopic (exact) mass is 334 g/mol. The van der Waals surface area contributed by atoms with Crippen LogP contribution in [0.25, 0.3) is 0 Å². The van der Waals surface area contributed by atoms with Crippen LogP contribution >= 0.6 is 0 Å². The summed E-state index contributed by atoms with van der Waals surface area (Å²) in [4.78, 5) is 13.8. The molecule has 0 bridgehead atoms. The van der Waals surface area contributed by atoms with Crippen molar-refractivity contribution in [1.82, 2.24) is 10.2 Å². The molecule has 1 fully saturated rings. The van der Waals surface area contributed by atoms with E-state index in [9.17, 15) is 13.2 Å². The van der Waals surface area contributed by atoms with Gasteiger partial charge in [-0.05, 0) is 40.5 Å². The van der Waals surface area contributed by atoms with Gasteiger partial charge in [-0.15, -0.1) is 0 Å². The lowest BCUT2D eigenvalue weighted by Gasteiger charge is -2.35. The van der Waals surface area contributed by atoms with Gasteiger partial charge in [0.25, 0.3) is 0 Å². The van der Waals surface area contributed by atoms with Crippen molar-refractivity contribution in [3.05, 3.63) is 0 Å². The first-order valence-corrected chi connectivity index (χ1v) is 9.79. The highest BCUT2D eigenvalue weighted by Gasteiger charge is 2.28. The number of nitrogens with zero attached hydrogens (tertiary/aromatic N) is 1. The molecule has 130 valence electrons. The summed E-state index contributed by atoms with van der Waals surface area (Å²) in [5.41, 5.74) is -0.500. The Bertz CT molecular complexity index is 470. The van der Waals surface area contributed by atoms with Gasteiger partial charge in [0.1, 0.15) is 5.60 Å². The van der Waals surface area contributed by atoms with E-state index in [0.29, 0.717) is 13.1 Å². The molecule has 0 aliphatic carbocycles. The first-order chi connectivity index (χ1) is 10.0. The van der Waals surface area contributed by atoms with E-state index < -0.39 is 15.4 Å². The van der Waals surface area contributed by atoms with Gasteiger partial charge in [0.2, 0.25) is 0 Å². The van der Waals surface area contributed by atoms with Crippen LogP contribution in [0.15, 0.2) is 0 Å². The molecule has 0 saturated carbocycles. The van der Waals surface area contributed by atoms with Crippen LogP contribution in [0, 0.1) is 0 Å². The molecule has 2 atom stereocenters. The maximum Gasteiger partial charge on any atom is 0.410 e. The third kappa shape index (κ3) is 6.96. The molecule has 1 aliphatic heterocycles. The number of rotatable bonds is 5. The molecule has 22 heavy (non-hydrogen) atoms. The first kappa shape index (κ1) is 19.2. The van der Waals surface area contributed by atoms with E-state index >= 15 is 0 Å². The van der Waals surface area contributed by atoms with Crippen LogP contribution in [0.2, 0.25) is 0 Å².